The van der Waals surface area contributed by atoms with Crippen LogP contribution in [-0.2, 0) is 0 Å². The Kier molecular flexibility index (Phi) is 3.97. The number of amides is 3. The van der Waals surface area contributed by atoms with Crippen molar-refractivity contribution in [2.45, 2.75) is 6.92 Å². The lowest BCUT2D eigenvalue weighted by molar-refractivity contribution is 0.0939. The predicted molar refractivity (Wildman–Crippen MR) is 89.1 cm³/mol. The molecule has 2 aromatic carbocycles. The largest absolute Gasteiger partial charge is 0.360 e. The number of hydrogen-bond donors (Lipinski definition) is 4. The maximum atomic E-state index is 12.2. The Morgan fingerprint density at radius 2 is 1.70 bits per heavy atom. The van der Waals surface area contributed by atoms with Gasteiger partial charge in [0.15, 0.2) is 0 Å². The molecule has 0 radical (unpaired) electrons. The van der Waals surface area contributed by atoms with Crippen LogP contribution < -0.4 is 16.2 Å². The molecule has 3 aromatic rings. The van der Waals surface area contributed by atoms with Gasteiger partial charge in [-0.2, -0.15) is 0 Å². The number of urea groups is 1. The van der Waals surface area contributed by atoms with Gasteiger partial charge in [0, 0.05) is 22.8 Å². The van der Waals surface area contributed by atoms with E-state index in [4.69, 9.17) is 0 Å². The molecule has 0 aliphatic rings. The number of aromatic nitrogens is 1. The van der Waals surface area contributed by atoms with Crippen molar-refractivity contribution in [3.05, 3.63) is 65.9 Å². The van der Waals surface area contributed by atoms with E-state index in [0.29, 0.717) is 11.3 Å². The highest BCUT2D eigenvalue weighted by molar-refractivity contribution is 6.07. The average Bonchev–Trinajstić information content (AvgIpc) is 2.99. The Morgan fingerprint density at radius 3 is 2.52 bits per heavy atom. The number of nitrogens with one attached hydrogen (secondary N) is 4. The lowest BCUT2D eigenvalue weighted by Gasteiger charge is -2.10. The first-order valence-corrected chi connectivity index (χ1v) is 7.14. The minimum absolute atomic E-state index is 0.387. The first-order valence-electron chi connectivity index (χ1n) is 7.14. The van der Waals surface area contributed by atoms with Crippen LogP contribution >= 0.6 is 0 Å². The van der Waals surface area contributed by atoms with E-state index < -0.39 is 6.03 Å². The Balaban J connectivity index is 1.63. The molecular weight excluding hydrogens is 292 g/mol. The van der Waals surface area contributed by atoms with Crippen LogP contribution in [0, 0.1) is 6.92 Å². The van der Waals surface area contributed by atoms with Gasteiger partial charge in [0.2, 0.25) is 0 Å². The summed E-state index contributed by atoms with van der Waals surface area (Å²) in [5, 5.41) is 3.47. The summed E-state index contributed by atoms with van der Waals surface area (Å²) in [6.45, 7) is 1.89. The molecule has 3 rings (SSSR count). The number of fused-ring (bicyclic) bond motifs is 1. The van der Waals surface area contributed by atoms with E-state index in [1.807, 2.05) is 49.4 Å². The van der Waals surface area contributed by atoms with Gasteiger partial charge in [0.05, 0.1) is 5.56 Å². The lowest BCUT2D eigenvalue weighted by atomic mass is 10.2. The van der Waals surface area contributed by atoms with E-state index in [2.05, 4.69) is 21.2 Å². The second kappa shape index (κ2) is 6.23. The molecule has 6 nitrogen and oxygen atoms in total. The number of anilines is 1. The summed E-state index contributed by atoms with van der Waals surface area (Å²) in [5.41, 5.74) is 7.70. The van der Waals surface area contributed by atoms with Crippen molar-refractivity contribution in [1.82, 2.24) is 15.8 Å². The van der Waals surface area contributed by atoms with Gasteiger partial charge in [0.25, 0.3) is 5.91 Å². The summed E-state index contributed by atoms with van der Waals surface area (Å²) >= 11 is 0. The minimum atomic E-state index is -0.507. The smallest absolute Gasteiger partial charge is 0.337 e. The van der Waals surface area contributed by atoms with Crippen LogP contribution in [0.1, 0.15) is 15.9 Å². The summed E-state index contributed by atoms with van der Waals surface area (Å²) in [7, 11) is 0. The van der Waals surface area contributed by atoms with Crippen molar-refractivity contribution in [2.24, 2.45) is 0 Å². The normalized spacial score (nSPS) is 10.3. The van der Waals surface area contributed by atoms with E-state index in [0.717, 1.165) is 16.5 Å². The van der Waals surface area contributed by atoms with Crippen molar-refractivity contribution >= 4 is 28.5 Å². The van der Waals surface area contributed by atoms with Crippen molar-refractivity contribution in [3.8, 4) is 0 Å². The van der Waals surface area contributed by atoms with E-state index in [1.165, 1.54) is 0 Å². The first-order chi connectivity index (χ1) is 11.1. The number of para-hydroxylation sites is 2. The van der Waals surface area contributed by atoms with Gasteiger partial charge in [-0.3, -0.25) is 10.2 Å². The maximum absolute atomic E-state index is 12.2. The van der Waals surface area contributed by atoms with Crippen LogP contribution in [0.4, 0.5) is 10.5 Å². The van der Waals surface area contributed by atoms with Crippen LogP contribution in [0.3, 0.4) is 0 Å². The molecule has 0 atom stereocenters. The summed E-state index contributed by atoms with van der Waals surface area (Å²) in [4.78, 5) is 27.0. The monoisotopic (exact) mass is 308 g/mol. The van der Waals surface area contributed by atoms with Gasteiger partial charge < -0.3 is 10.3 Å². The molecule has 0 spiro atoms. The molecule has 116 valence electrons. The zero-order valence-corrected chi connectivity index (χ0v) is 12.5. The third-order valence-electron chi connectivity index (χ3n) is 3.52. The van der Waals surface area contributed by atoms with Crippen LogP contribution in [0.5, 0.6) is 0 Å². The van der Waals surface area contributed by atoms with Crippen molar-refractivity contribution in [2.75, 3.05) is 5.32 Å². The molecule has 0 aliphatic carbocycles. The molecule has 0 saturated carbocycles. The number of aromatic amines is 1. The summed E-state index contributed by atoms with van der Waals surface area (Å²) in [6.07, 6.45) is 1.61. The lowest BCUT2D eigenvalue weighted by Crippen LogP contribution is -2.43. The van der Waals surface area contributed by atoms with E-state index in [-0.39, 0.29) is 5.91 Å². The standard InChI is InChI=1S/C17H16N4O2/c1-11-6-2-4-8-14(11)19-17(23)21-20-16(22)13-10-18-15-9-5-3-7-12(13)15/h2-10,18H,1H3,(H,20,22)(H2,19,21,23). The SMILES string of the molecule is Cc1ccccc1NC(=O)NNC(=O)c1c[nH]c2ccccc12. The molecule has 0 aliphatic heterocycles. The van der Waals surface area contributed by atoms with E-state index in [1.54, 1.807) is 12.3 Å². The maximum Gasteiger partial charge on any atom is 0.337 e. The molecule has 6 heteroatoms. The number of aryl methyl sites for hydroxylation is 1. The highest BCUT2D eigenvalue weighted by atomic mass is 16.2. The number of H-pyrrole nitrogens is 1. The van der Waals surface area contributed by atoms with Gasteiger partial charge in [-0.25, -0.2) is 10.2 Å². The number of carbonyl (C=O) groups is 2. The second-order valence-electron chi connectivity index (χ2n) is 5.10. The predicted octanol–water partition coefficient (Wildman–Crippen LogP) is 2.94. The molecule has 1 aromatic heterocycles. The van der Waals surface area contributed by atoms with Crippen LogP contribution in [0.25, 0.3) is 10.9 Å². The fourth-order valence-electron chi connectivity index (χ4n) is 2.31. The van der Waals surface area contributed by atoms with Crippen LogP contribution in [-0.4, -0.2) is 16.9 Å². The summed E-state index contributed by atoms with van der Waals surface area (Å²) in [5.74, 6) is -0.387. The highest BCUT2D eigenvalue weighted by Crippen LogP contribution is 2.17. The third kappa shape index (κ3) is 3.16. The molecular formula is C17H16N4O2. The highest BCUT2D eigenvalue weighted by Gasteiger charge is 2.12. The third-order valence-corrected chi connectivity index (χ3v) is 3.52. The molecule has 3 amide bonds. The first kappa shape index (κ1) is 14.6. The van der Waals surface area contributed by atoms with E-state index >= 15 is 0 Å². The van der Waals surface area contributed by atoms with Gasteiger partial charge in [-0.15, -0.1) is 0 Å². The summed E-state index contributed by atoms with van der Waals surface area (Å²) in [6, 6.07) is 14.3. The van der Waals surface area contributed by atoms with Gasteiger partial charge in [0.1, 0.15) is 0 Å². The molecule has 4 N–H and O–H groups in total. The van der Waals surface area contributed by atoms with Gasteiger partial charge in [-0.1, -0.05) is 36.4 Å². The van der Waals surface area contributed by atoms with E-state index in [9.17, 15) is 9.59 Å². The number of carbonyl (C=O) groups excluding carboxylic acids is 2. The Morgan fingerprint density at radius 1 is 0.957 bits per heavy atom. The van der Waals surface area contributed by atoms with Crippen molar-refractivity contribution < 1.29 is 9.59 Å². The number of rotatable bonds is 2. The average molecular weight is 308 g/mol. The zero-order chi connectivity index (χ0) is 16.2. The molecule has 0 saturated heterocycles. The molecule has 0 bridgehead atoms. The summed E-state index contributed by atoms with van der Waals surface area (Å²) < 4.78 is 0. The van der Waals surface area contributed by atoms with Crippen LogP contribution in [0.15, 0.2) is 54.7 Å². The second-order valence-corrected chi connectivity index (χ2v) is 5.10. The van der Waals surface area contributed by atoms with Crippen molar-refractivity contribution in [1.29, 1.82) is 0 Å². The topological polar surface area (TPSA) is 86.0 Å². The van der Waals surface area contributed by atoms with Gasteiger partial charge >= 0.3 is 6.03 Å². The number of benzene rings is 2. The van der Waals surface area contributed by atoms with Crippen LogP contribution in [0.2, 0.25) is 0 Å². The molecule has 0 unspecified atom stereocenters. The Labute approximate surface area is 132 Å². The molecule has 1 heterocycles. The number of hydrazine groups is 1. The zero-order valence-electron chi connectivity index (χ0n) is 12.5. The van der Waals surface area contributed by atoms with Gasteiger partial charge in [-0.05, 0) is 24.6 Å². The van der Waals surface area contributed by atoms with Crippen molar-refractivity contribution in [3.63, 3.8) is 0 Å². The molecule has 23 heavy (non-hydrogen) atoms. The number of hydrogen-bond acceptors (Lipinski definition) is 2. The fraction of sp³-hybridized carbons (Fsp3) is 0.0588. The quantitative estimate of drug-likeness (QED) is 0.549. The molecule has 0 fully saturated rings. The Bertz CT molecular complexity index is 870. The Hall–Kier alpha value is -3.28. The fourth-order valence-corrected chi connectivity index (χ4v) is 2.31. The minimum Gasteiger partial charge on any atom is -0.360 e.